The Morgan fingerprint density at radius 3 is 2.88 bits per heavy atom. The first-order valence-electron chi connectivity index (χ1n) is 5.71. The van der Waals surface area contributed by atoms with Gasteiger partial charge < -0.3 is 9.84 Å². The van der Waals surface area contributed by atoms with Gasteiger partial charge in [-0.25, -0.2) is 0 Å². The Kier molecular flexibility index (Phi) is 2.71. The van der Waals surface area contributed by atoms with E-state index in [1.807, 2.05) is 36.4 Å². The van der Waals surface area contributed by atoms with Crippen molar-refractivity contribution in [1.29, 1.82) is 0 Å². The van der Waals surface area contributed by atoms with Gasteiger partial charge in [0.15, 0.2) is 5.82 Å². The minimum Gasteiger partial charge on any atom is -0.334 e. The average Bonchev–Trinajstić information content (AvgIpc) is 3.02. The van der Waals surface area contributed by atoms with E-state index in [4.69, 9.17) is 4.52 Å². The maximum absolute atomic E-state index is 5.23. The third-order valence-electron chi connectivity index (χ3n) is 2.77. The lowest BCUT2D eigenvalue weighted by Gasteiger charge is -1.90. The van der Waals surface area contributed by atoms with Crippen LogP contribution >= 0.6 is 0 Å². The van der Waals surface area contributed by atoms with Crippen LogP contribution in [0.5, 0.6) is 0 Å². The van der Waals surface area contributed by atoms with E-state index >= 15 is 0 Å². The molecule has 0 radical (unpaired) electrons. The zero-order valence-corrected chi connectivity index (χ0v) is 9.39. The molecule has 0 atom stereocenters. The first kappa shape index (κ1) is 10.2. The molecule has 2 aromatic rings. The quantitative estimate of drug-likeness (QED) is 0.853. The topological polar surface area (TPSA) is 51.0 Å². The molecule has 0 amide bonds. The molecule has 3 rings (SSSR count). The molecule has 1 aromatic carbocycles. The Bertz CT molecular complexity index is 523. The molecule has 0 aliphatic carbocycles. The minimum absolute atomic E-state index is 0.573. The fourth-order valence-electron chi connectivity index (χ4n) is 1.88. The Morgan fingerprint density at radius 2 is 2.12 bits per heavy atom. The van der Waals surface area contributed by atoms with E-state index in [1.54, 1.807) is 0 Å². The molecule has 86 valence electrons. The molecule has 1 aromatic heterocycles. The van der Waals surface area contributed by atoms with Crippen LogP contribution in [0.1, 0.15) is 12.2 Å². The first-order chi connectivity index (χ1) is 8.42. The molecule has 4 nitrogen and oxygen atoms in total. The van der Waals surface area contributed by atoms with Gasteiger partial charge in [0.1, 0.15) is 0 Å². The summed E-state index contributed by atoms with van der Waals surface area (Å²) in [6.45, 7) is 1.96. The Hall–Kier alpha value is -1.94. The van der Waals surface area contributed by atoms with E-state index in [0.717, 1.165) is 25.1 Å². The van der Waals surface area contributed by atoms with E-state index in [0.29, 0.717) is 11.7 Å². The normalized spacial score (nSPS) is 17.8. The average molecular weight is 227 g/mol. The van der Waals surface area contributed by atoms with E-state index in [9.17, 15) is 0 Å². The lowest BCUT2D eigenvalue weighted by molar-refractivity contribution is 0.428. The Labute approximate surface area is 99.4 Å². The van der Waals surface area contributed by atoms with Crippen molar-refractivity contribution in [2.75, 3.05) is 13.1 Å². The highest BCUT2D eigenvalue weighted by atomic mass is 16.5. The molecule has 1 fully saturated rings. The predicted molar refractivity (Wildman–Crippen MR) is 65.2 cm³/mol. The van der Waals surface area contributed by atoms with Crippen LogP contribution in [0.4, 0.5) is 0 Å². The standard InChI is InChI=1S/C13H13N3O/c1-2-4-11(5-3-1)13-15-12(16-17-13)8-10-6-7-14-9-10/h1-5,8,14H,6-7,9H2/b10-8+. The monoisotopic (exact) mass is 227 g/mol. The molecule has 1 aliphatic heterocycles. The maximum atomic E-state index is 5.23. The summed E-state index contributed by atoms with van der Waals surface area (Å²) < 4.78 is 5.23. The minimum atomic E-state index is 0.573. The van der Waals surface area contributed by atoms with Crippen LogP contribution in [0, 0.1) is 0 Å². The van der Waals surface area contributed by atoms with Gasteiger partial charge in [0.05, 0.1) is 0 Å². The van der Waals surface area contributed by atoms with Crippen molar-refractivity contribution >= 4 is 6.08 Å². The zero-order chi connectivity index (χ0) is 11.5. The van der Waals surface area contributed by atoms with Crippen LogP contribution < -0.4 is 5.32 Å². The van der Waals surface area contributed by atoms with Gasteiger partial charge in [0, 0.05) is 12.1 Å². The van der Waals surface area contributed by atoms with Crippen molar-refractivity contribution in [2.24, 2.45) is 0 Å². The van der Waals surface area contributed by atoms with Crippen molar-refractivity contribution in [1.82, 2.24) is 15.5 Å². The highest BCUT2D eigenvalue weighted by Crippen LogP contribution is 2.17. The summed E-state index contributed by atoms with van der Waals surface area (Å²) in [5.41, 5.74) is 2.28. The smallest absolute Gasteiger partial charge is 0.258 e. The second-order valence-corrected chi connectivity index (χ2v) is 4.05. The fourth-order valence-corrected chi connectivity index (χ4v) is 1.88. The largest absolute Gasteiger partial charge is 0.334 e. The maximum Gasteiger partial charge on any atom is 0.258 e. The third kappa shape index (κ3) is 2.26. The molecule has 0 unspecified atom stereocenters. The summed E-state index contributed by atoms with van der Waals surface area (Å²) in [5, 5.41) is 7.24. The second kappa shape index (κ2) is 4.51. The number of hydrogen-bond donors (Lipinski definition) is 1. The fraction of sp³-hybridized carbons (Fsp3) is 0.231. The van der Waals surface area contributed by atoms with Gasteiger partial charge in [-0.1, -0.05) is 28.9 Å². The Morgan fingerprint density at radius 1 is 1.24 bits per heavy atom. The van der Waals surface area contributed by atoms with Crippen LogP contribution in [-0.2, 0) is 0 Å². The number of rotatable bonds is 2. The van der Waals surface area contributed by atoms with Gasteiger partial charge in [0.2, 0.25) is 0 Å². The molecule has 0 saturated carbocycles. The SMILES string of the molecule is C(=C1/CCNC1)/c1noc(-c2ccccc2)n1. The molecule has 17 heavy (non-hydrogen) atoms. The van der Waals surface area contributed by atoms with Gasteiger partial charge in [0.25, 0.3) is 5.89 Å². The molecule has 1 N–H and O–H groups in total. The molecule has 2 heterocycles. The molecule has 0 spiro atoms. The van der Waals surface area contributed by atoms with Crippen LogP contribution in [0.15, 0.2) is 40.4 Å². The Balaban J connectivity index is 1.86. The van der Waals surface area contributed by atoms with Gasteiger partial charge >= 0.3 is 0 Å². The second-order valence-electron chi connectivity index (χ2n) is 4.05. The van der Waals surface area contributed by atoms with E-state index < -0.39 is 0 Å². The molecular weight excluding hydrogens is 214 g/mol. The van der Waals surface area contributed by atoms with Crippen molar-refractivity contribution in [3.05, 3.63) is 41.7 Å². The summed E-state index contributed by atoms with van der Waals surface area (Å²) >= 11 is 0. The van der Waals surface area contributed by atoms with Crippen LogP contribution in [0.3, 0.4) is 0 Å². The lowest BCUT2D eigenvalue weighted by atomic mass is 10.2. The number of nitrogens with one attached hydrogen (secondary N) is 1. The number of hydrogen-bond acceptors (Lipinski definition) is 4. The van der Waals surface area contributed by atoms with Gasteiger partial charge in [-0.2, -0.15) is 4.98 Å². The molecule has 1 aliphatic rings. The third-order valence-corrected chi connectivity index (χ3v) is 2.77. The summed E-state index contributed by atoms with van der Waals surface area (Å²) in [6, 6.07) is 9.80. The van der Waals surface area contributed by atoms with Crippen molar-refractivity contribution < 1.29 is 4.52 Å². The molecule has 0 bridgehead atoms. The first-order valence-corrected chi connectivity index (χ1v) is 5.71. The molecule has 4 heteroatoms. The van der Waals surface area contributed by atoms with Crippen LogP contribution in [0.2, 0.25) is 0 Å². The summed E-state index contributed by atoms with van der Waals surface area (Å²) in [6.07, 6.45) is 3.06. The number of nitrogens with zero attached hydrogens (tertiary/aromatic N) is 2. The summed E-state index contributed by atoms with van der Waals surface area (Å²) in [5.74, 6) is 1.23. The van der Waals surface area contributed by atoms with Gasteiger partial charge in [-0.3, -0.25) is 0 Å². The highest BCUT2D eigenvalue weighted by molar-refractivity contribution is 5.55. The predicted octanol–water partition coefficient (Wildman–Crippen LogP) is 2.11. The van der Waals surface area contributed by atoms with Gasteiger partial charge in [-0.05, 0) is 31.2 Å². The number of benzene rings is 1. The van der Waals surface area contributed by atoms with Crippen LogP contribution in [-0.4, -0.2) is 23.2 Å². The van der Waals surface area contributed by atoms with Crippen molar-refractivity contribution in [2.45, 2.75) is 6.42 Å². The van der Waals surface area contributed by atoms with Crippen molar-refractivity contribution in [3.8, 4) is 11.5 Å². The van der Waals surface area contributed by atoms with Gasteiger partial charge in [-0.15, -0.1) is 0 Å². The van der Waals surface area contributed by atoms with E-state index in [-0.39, 0.29) is 0 Å². The number of aromatic nitrogens is 2. The van der Waals surface area contributed by atoms with E-state index in [1.165, 1.54) is 5.57 Å². The molecular formula is C13H13N3O. The molecule has 1 saturated heterocycles. The van der Waals surface area contributed by atoms with Crippen molar-refractivity contribution in [3.63, 3.8) is 0 Å². The van der Waals surface area contributed by atoms with E-state index in [2.05, 4.69) is 15.5 Å². The zero-order valence-electron chi connectivity index (χ0n) is 9.39. The lowest BCUT2D eigenvalue weighted by Crippen LogP contribution is -2.04. The van der Waals surface area contributed by atoms with Crippen LogP contribution in [0.25, 0.3) is 17.5 Å². The highest BCUT2D eigenvalue weighted by Gasteiger charge is 2.09. The summed E-state index contributed by atoms with van der Waals surface area (Å²) in [7, 11) is 0. The summed E-state index contributed by atoms with van der Waals surface area (Å²) in [4.78, 5) is 4.36.